The highest BCUT2D eigenvalue weighted by molar-refractivity contribution is 6.44. The fourth-order valence-corrected chi connectivity index (χ4v) is 3.07. The van der Waals surface area contributed by atoms with E-state index in [4.69, 9.17) is 46.4 Å². The monoisotopic (exact) mass is 392 g/mol. The predicted molar refractivity (Wildman–Crippen MR) is 99.9 cm³/mol. The van der Waals surface area contributed by atoms with Crippen LogP contribution in [0.5, 0.6) is 0 Å². The predicted octanol–water partition coefficient (Wildman–Crippen LogP) is 6.90. The summed E-state index contributed by atoms with van der Waals surface area (Å²) in [7, 11) is 0. The average molecular weight is 394 g/mol. The number of aromatic nitrogens is 1. The van der Waals surface area contributed by atoms with Crippen LogP contribution in [0.4, 0.5) is 0 Å². The highest BCUT2D eigenvalue weighted by Crippen LogP contribution is 2.36. The molecule has 0 bridgehead atoms. The van der Waals surface area contributed by atoms with Crippen LogP contribution >= 0.6 is 46.4 Å². The van der Waals surface area contributed by atoms with Crippen molar-refractivity contribution >= 4 is 46.4 Å². The van der Waals surface area contributed by atoms with Crippen LogP contribution in [0.25, 0.3) is 22.5 Å². The number of hydrogen-bond acceptors (Lipinski definition) is 2. The van der Waals surface area contributed by atoms with Crippen molar-refractivity contribution in [2.75, 3.05) is 0 Å². The van der Waals surface area contributed by atoms with E-state index in [-0.39, 0.29) is 0 Å². The standard InChI is InChI=1S/C18H8Cl4N2/c19-13-5-1-3-11(17(13)21)15-7-10(9-23)8-16(24-15)12-4-2-6-14(20)18(12)22/h1-8H. The Bertz CT molecular complexity index is 907. The molecule has 0 aliphatic carbocycles. The molecule has 0 amide bonds. The molecule has 0 spiro atoms. The maximum Gasteiger partial charge on any atom is 0.0993 e. The van der Waals surface area contributed by atoms with Crippen LogP contribution in [0.2, 0.25) is 20.1 Å². The van der Waals surface area contributed by atoms with Crippen LogP contribution in [-0.2, 0) is 0 Å². The first-order valence-electron chi connectivity index (χ1n) is 6.82. The average Bonchev–Trinajstić information content (AvgIpc) is 2.59. The lowest BCUT2D eigenvalue weighted by Crippen LogP contribution is -1.92. The maximum absolute atomic E-state index is 9.33. The second-order valence-corrected chi connectivity index (χ2v) is 6.51. The van der Waals surface area contributed by atoms with E-state index in [1.807, 2.05) is 0 Å². The highest BCUT2D eigenvalue weighted by atomic mass is 35.5. The van der Waals surface area contributed by atoms with E-state index in [1.54, 1.807) is 48.5 Å². The first kappa shape index (κ1) is 17.1. The topological polar surface area (TPSA) is 36.7 Å². The molecule has 6 heteroatoms. The van der Waals surface area contributed by atoms with Gasteiger partial charge in [-0.1, -0.05) is 70.7 Å². The quantitative estimate of drug-likeness (QED) is 0.474. The lowest BCUT2D eigenvalue weighted by atomic mass is 10.0. The molecule has 0 aliphatic heterocycles. The lowest BCUT2D eigenvalue weighted by Gasteiger charge is -2.10. The number of nitrogens with zero attached hydrogens (tertiary/aromatic N) is 2. The number of hydrogen-bond donors (Lipinski definition) is 0. The van der Waals surface area contributed by atoms with Gasteiger partial charge in [-0.05, 0) is 24.3 Å². The van der Waals surface area contributed by atoms with Crippen molar-refractivity contribution in [2.45, 2.75) is 0 Å². The Hall–Kier alpha value is -1.76. The Kier molecular flexibility index (Phi) is 4.99. The lowest BCUT2D eigenvalue weighted by molar-refractivity contribution is 1.31. The van der Waals surface area contributed by atoms with E-state index in [0.29, 0.717) is 48.2 Å². The molecule has 0 aliphatic rings. The molecule has 3 rings (SSSR count). The highest BCUT2D eigenvalue weighted by Gasteiger charge is 2.14. The van der Waals surface area contributed by atoms with Crippen molar-refractivity contribution in [2.24, 2.45) is 0 Å². The molecule has 3 aromatic rings. The summed E-state index contributed by atoms with van der Waals surface area (Å²) in [5.74, 6) is 0. The Morgan fingerprint density at radius 3 is 1.62 bits per heavy atom. The van der Waals surface area contributed by atoms with Crippen LogP contribution in [0.3, 0.4) is 0 Å². The summed E-state index contributed by atoms with van der Waals surface area (Å²) < 4.78 is 0. The zero-order valence-electron chi connectivity index (χ0n) is 12.0. The smallest absolute Gasteiger partial charge is 0.0993 e. The zero-order valence-corrected chi connectivity index (χ0v) is 15.0. The van der Waals surface area contributed by atoms with E-state index in [1.165, 1.54) is 0 Å². The number of rotatable bonds is 2. The third-order valence-corrected chi connectivity index (χ3v) is 5.05. The van der Waals surface area contributed by atoms with Gasteiger partial charge in [-0.25, -0.2) is 4.98 Å². The number of halogens is 4. The van der Waals surface area contributed by atoms with Crippen LogP contribution in [0.15, 0.2) is 48.5 Å². The summed E-state index contributed by atoms with van der Waals surface area (Å²) in [5.41, 5.74) is 2.78. The summed E-state index contributed by atoms with van der Waals surface area (Å²) in [5, 5.41) is 10.9. The van der Waals surface area contributed by atoms with E-state index in [2.05, 4.69) is 11.1 Å². The Morgan fingerprint density at radius 1 is 0.750 bits per heavy atom. The third-order valence-electron chi connectivity index (χ3n) is 3.41. The molecule has 0 atom stereocenters. The fourth-order valence-electron chi connectivity index (χ4n) is 2.27. The summed E-state index contributed by atoms with van der Waals surface area (Å²) in [4.78, 5) is 4.59. The van der Waals surface area contributed by atoms with Gasteiger partial charge in [0.25, 0.3) is 0 Å². The summed E-state index contributed by atoms with van der Waals surface area (Å²) in [6.45, 7) is 0. The molecule has 24 heavy (non-hydrogen) atoms. The molecule has 0 fully saturated rings. The van der Waals surface area contributed by atoms with E-state index in [0.717, 1.165) is 0 Å². The Balaban J connectivity index is 2.26. The van der Waals surface area contributed by atoms with Gasteiger partial charge in [0.2, 0.25) is 0 Å². The maximum atomic E-state index is 9.33. The molecule has 1 aromatic heterocycles. The minimum absolute atomic E-state index is 0.380. The molecular formula is C18H8Cl4N2. The summed E-state index contributed by atoms with van der Waals surface area (Å²) in [6, 6.07) is 15.9. The normalized spacial score (nSPS) is 10.5. The Morgan fingerprint density at radius 2 is 1.21 bits per heavy atom. The minimum atomic E-state index is 0.380. The van der Waals surface area contributed by atoms with Gasteiger partial charge in [0.1, 0.15) is 0 Å². The van der Waals surface area contributed by atoms with Gasteiger partial charge in [-0.3, -0.25) is 0 Å². The van der Waals surface area contributed by atoms with Gasteiger partial charge in [-0.2, -0.15) is 5.26 Å². The van der Waals surface area contributed by atoms with Crippen LogP contribution in [-0.4, -0.2) is 4.98 Å². The van der Waals surface area contributed by atoms with Gasteiger partial charge in [-0.15, -0.1) is 0 Å². The molecule has 0 N–H and O–H groups in total. The first-order valence-corrected chi connectivity index (χ1v) is 8.33. The molecule has 118 valence electrons. The number of benzene rings is 2. The largest absolute Gasteiger partial charge is 0.248 e. The van der Waals surface area contributed by atoms with Crippen molar-refractivity contribution in [3.63, 3.8) is 0 Å². The molecule has 2 aromatic carbocycles. The van der Waals surface area contributed by atoms with Crippen molar-refractivity contribution in [1.29, 1.82) is 5.26 Å². The SMILES string of the molecule is N#Cc1cc(-c2cccc(Cl)c2Cl)nc(-c2cccc(Cl)c2Cl)c1. The van der Waals surface area contributed by atoms with E-state index in [9.17, 15) is 5.26 Å². The van der Waals surface area contributed by atoms with Gasteiger partial charge in [0.15, 0.2) is 0 Å². The van der Waals surface area contributed by atoms with Gasteiger partial charge < -0.3 is 0 Å². The van der Waals surface area contributed by atoms with Crippen molar-refractivity contribution in [3.8, 4) is 28.6 Å². The van der Waals surface area contributed by atoms with Crippen molar-refractivity contribution in [3.05, 3.63) is 74.2 Å². The molecule has 2 nitrogen and oxygen atoms in total. The van der Waals surface area contributed by atoms with Gasteiger partial charge in [0, 0.05) is 11.1 Å². The molecule has 1 heterocycles. The first-order chi connectivity index (χ1) is 11.5. The second-order valence-electron chi connectivity index (χ2n) is 4.94. The van der Waals surface area contributed by atoms with Crippen molar-refractivity contribution < 1.29 is 0 Å². The number of nitriles is 1. The van der Waals surface area contributed by atoms with Crippen LogP contribution < -0.4 is 0 Å². The van der Waals surface area contributed by atoms with E-state index >= 15 is 0 Å². The minimum Gasteiger partial charge on any atom is -0.248 e. The molecule has 0 saturated carbocycles. The van der Waals surface area contributed by atoms with Crippen molar-refractivity contribution in [1.82, 2.24) is 4.98 Å². The fraction of sp³-hybridized carbons (Fsp3) is 0. The summed E-state index contributed by atoms with van der Waals surface area (Å²) >= 11 is 24.7. The molecule has 0 saturated heterocycles. The molecular weight excluding hydrogens is 386 g/mol. The van der Waals surface area contributed by atoms with E-state index < -0.39 is 0 Å². The summed E-state index contributed by atoms with van der Waals surface area (Å²) in [6.07, 6.45) is 0. The van der Waals surface area contributed by atoms with Gasteiger partial charge >= 0.3 is 0 Å². The second kappa shape index (κ2) is 7.01. The zero-order chi connectivity index (χ0) is 17.3. The van der Waals surface area contributed by atoms with Gasteiger partial charge in [0.05, 0.1) is 43.1 Å². The molecule has 0 unspecified atom stereocenters. The third kappa shape index (κ3) is 3.22. The molecule has 0 radical (unpaired) electrons. The van der Waals surface area contributed by atoms with Crippen LogP contribution in [0, 0.1) is 11.3 Å². The number of pyridine rings is 1. The Labute approximate surface area is 159 Å². The van der Waals surface area contributed by atoms with Crippen LogP contribution in [0.1, 0.15) is 5.56 Å².